The average Bonchev–Trinajstić information content (AvgIpc) is 3.44. The maximum Gasteiger partial charge on any atom is 0.320 e. The van der Waals surface area contributed by atoms with Gasteiger partial charge in [0.15, 0.2) is 0 Å². The largest absolute Gasteiger partial charge is 0.328 e. The van der Waals surface area contributed by atoms with Crippen molar-refractivity contribution < 1.29 is 4.79 Å². The minimum absolute atomic E-state index is 0.00846. The van der Waals surface area contributed by atoms with Crippen LogP contribution >= 0.6 is 0 Å². The van der Waals surface area contributed by atoms with Crippen molar-refractivity contribution in [3.8, 4) is 11.3 Å². The summed E-state index contributed by atoms with van der Waals surface area (Å²) in [6.07, 6.45) is 8.84. The maximum atomic E-state index is 14.0. The third-order valence-corrected chi connectivity index (χ3v) is 9.43. The second-order valence-electron chi connectivity index (χ2n) is 11.8. The van der Waals surface area contributed by atoms with E-state index in [1.54, 1.807) is 17.0 Å². The molecule has 3 heterocycles. The van der Waals surface area contributed by atoms with Gasteiger partial charge < -0.3 is 15.5 Å². The molecule has 1 spiro atoms. The molecule has 2 N–H and O–H groups in total. The normalized spacial score (nSPS) is 24.7. The fourth-order valence-electron chi connectivity index (χ4n) is 7.26. The minimum Gasteiger partial charge on any atom is -0.328 e. The van der Waals surface area contributed by atoms with E-state index >= 15 is 0 Å². The lowest BCUT2D eigenvalue weighted by Crippen LogP contribution is -2.56. The van der Waals surface area contributed by atoms with Gasteiger partial charge in [-0.15, -0.1) is 0 Å². The molecule has 7 nitrogen and oxygen atoms in total. The van der Waals surface area contributed by atoms with Crippen LogP contribution in [-0.2, 0) is 6.54 Å². The standard InChI is InChI=1S/C32H39N5O2/c33-27-14-18-37(29(19-27)25-11-5-2-6-12-25)31(39)35-17-13-26(32(22-35)15-7-8-16-32)21-36-23-34-28(20-30(36)38)24-9-3-1-4-10-24/h1-6,9-12,20,23,26-27,29H,7-8,13-19,21-22,33H2/t26-,27+,29-/m0/s1. The predicted octanol–water partition coefficient (Wildman–Crippen LogP) is 5.08. The molecule has 2 amide bonds. The Hall–Kier alpha value is -3.45. The molecule has 39 heavy (non-hydrogen) atoms. The van der Waals surface area contributed by atoms with Crippen LogP contribution in [0.2, 0.25) is 0 Å². The first-order chi connectivity index (χ1) is 19.0. The number of likely N-dealkylation sites (tertiary alicyclic amines) is 2. The Balaban J connectivity index is 1.19. The highest BCUT2D eigenvalue weighted by Gasteiger charge is 2.47. The molecule has 3 aliphatic rings. The third kappa shape index (κ3) is 5.24. The summed E-state index contributed by atoms with van der Waals surface area (Å²) in [4.78, 5) is 35.9. The van der Waals surface area contributed by atoms with Crippen LogP contribution < -0.4 is 11.3 Å². The number of hydrogen-bond acceptors (Lipinski definition) is 4. The molecule has 1 saturated carbocycles. The fraction of sp³-hybridized carbons (Fsp3) is 0.469. The quantitative estimate of drug-likeness (QED) is 0.515. The number of piperidine rings is 2. The molecular formula is C32H39N5O2. The highest BCUT2D eigenvalue weighted by Crippen LogP contribution is 2.49. The average molecular weight is 526 g/mol. The van der Waals surface area contributed by atoms with E-state index in [0.29, 0.717) is 24.7 Å². The number of rotatable bonds is 4. The molecule has 2 aromatic carbocycles. The first kappa shape index (κ1) is 25.8. The van der Waals surface area contributed by atoms with Gasteiger partial charge in [0.1, 0.15) is 0 Å². The summed E-state index contributed by atoms with van der Waals surface area (Å²) in [6, 6.07) is 22.1. The van der Waals surface area contributed by atoms with Crippen LogP contribution in [0.15, 0.2) is 77.9 Å². The highest BCUT2D eigenvalue weighted by molar-refractivity contribution is 5.75. The molecule has 0 bridgehead atoms. The number of nitrogens with zero attached hydrogens (tertiary/aromatic N) is 4. The number of carbonyl (C=O) groups is 1. The summed E-state index contributed by atoms with van der Waals surface area (Å²) in [7, 11) is 0. The SMILES string of the molecule is N[C@@H]1CCN(C(=O)N2CC[C@@H](Cn3cnc(-c4ccccc4)cc3=O)C3(CCCC3)C2)[C@H](c2ccccc2)C1. The van der Waals surface area contributed by atoms with Crippen molar-refractivity contribution in [3.05, 3.63) is 89.0 Å². The van der Waals surface area contributed by atoms with E-state index < -0.39 is 0 Å². The Morgan fingerprint density at radius 2 is 1.69 bits per heavy atom. The van der Waals surface area contributed by atoms with Crippen molar-refractivity contribution in [2.24, 2.45) is 17.1 Å². The molecule has 2 aliphatic heterocycles. The van der Waals surface area contributed by atoms with Crippen LogP contribution in [0, 0.1) is 11.3 Å². The van der Waals surface area contributed by atoms with Gasteiger partial charge in [0, 0.05) is 43.9 Å². The molecule has 3 atom stereocenters. The van der Waals surface area contributed by atoms with Gasteiger partial charge in [-0.2, -0.15) is 0 Å². The second-order valence-corrected chi connectivity index (χ2v) is 11.8. The first-order valence-corrected chi connectivity index (χ1v) is 14.5. The van der Waals surface area contributed by atoms with Gasteiger partial charge in [-0.05, 0) is 49.0 Å². The summed E-state index contributed by atoms with van der Waals surface area (Å²) in [5, 5.41) is 0. The monoisotopic (exact) mass is 525 g/mol. The van der Waals surface area contributed by atoms with Gasteiger partial charge >= 0.3 is 6.03 Å². The van der Waals surface area contributed by atoms with Crippen molar-refractivity contribution in [3.63, 3.8) is 0 Å². The van der Waals surface area contributed by atoms with Crippen LogP contribution in [0.25, 0.3) is 11.3 Å². The molecule has 3 aromatic rings. The molecule has 1 aromatic heterocycles. The zero-order valence-corrected chi connectivity index (χ0v) is 22.6. The van der Waals surface area contributed by atoms with E-state index in [-0.39, 0.29) is 29.1 Å². The van der Waals surface area contributed by atoms with Gasteiger partial charge in [-0.25, -0.2) is 9.78 Å². The maximum absolute atomic E-state index is 14.0. The fourth-order valence-corrected chi connectivity index (χ4v) is 7.26. The van der Waals surface area contributed by atoms with E-state index in [1.165, 1.54) is 12.8 Å². The minimum atomic E-state index is -0.00846. The van der Waals surface area contributed by atoms with Crippen molar-refractivity contribution in [1.82, 2.24) is 19.4 Å². The van der Waals surface area contributed by atoms with Crippen LogP contribution in [0.4, 0.5) is 4.79 Å². The predicted molar refractivity (Wildman–Crippen MR) is 153 cm³/mol. The Morgan fingerprint density at radius 1 is 0.974 bits per heavy atom. The molecule has 0 radical (unpaired) electrons. The lowest BCUT2D eigenvalue weighted by atomic mass is 9.69. The van der Waals surface area contributed by atoms with Crippen molar-refractivity contribution >= 4 is 6.03 Å². The van der Waals surface area contributed by atoms with E-state index in [1.807, 2.05) is 48.5 Å². The van der Waals surface area contributed by atoms with Crippen molar-refractivity contribution in [2.75, 3.05) is 19.6 Å². The van der Waals surface area contributed by atoms with Crippen LogP contribution in [0.3, 0.4) is 0 Å². The van der Waals surface area contributed by atoms with Crippen LogP contribution in [-0.4, -0.2) is 51.1 Å². The number of nitrogens with two attached hydrogens (primary N) is 1. The summed E-state index contributed by atoms with van der Waals surface area (Å²) in [6.45, 7) is 2.85. The number of hydrogen-bond donors (Lipinski definition) is 1. The third-order valence-electron chi connectivity index (χ3n) is 9.43. The van der Waals surface area contributed by atoms with E-state index in [9.17, 15) is 9.59 Å². The van der Waals surface area contributed by atoms with Gasteiger partial charge in [-0.3, -0.25) is 9.36 Å². The number of carbonyl (C=O) groups excluding carboxylic acids is 1. The van der Waals surface area contributed by atoms with Crippen molar-refractivity contribution in [1.29, 1.82) is 0 Å². The Bertz CT molecular complexity index is 1340. The highest BCUT2D eigenvalue weighted by atomic mass is 16.2. The molecule has 1 aliphatic carbocycles. The van der Waals surface area contributed by atoms with E-state index in [0.717, 1.165) is 56.3 Å². The molecular weight excluding hydrogens is 486 g/mol. The summed E-state index contributed by atoms with van der Waals surface area (Å²) < 4.78 is 1.78. The van der Waals surface area contributed by atoms with Crippen LogP contribution in [0.5, 0.6) is 0 Å². The molecule has 3 fully saturated rings. The van der Waals surface area contributed by atoms with Gasteiger partial charge in [0.25, 0.3) is 5.56 Å². The molecule has 0 unspecified atom stereocenters. The lowest BCUT2D eigenvalue weighted by Gasteiger charge is -2.49. The van der Waals surface area contributed by atoms with Crippen molar-refractivity contribution in [2.45, 2.75) is 63.6 Å². The summed E-state index contributed by atoms with van der Waals surface area (Å²) in [5.41, 5.74) is 9.23. The number of benzene rings is 2. The molecule has 2 saturated heterocycles. The Kier molecular flexibility index (Phi) is 7.26. The first-order valence-electron chi connectivity index (χ1n) is 14.5. The number of urea groups is 1. The molecule has 7 heteroatoms. The van der Waals surface area contributed by atoms with Crippen LogP contribution in [0.1, 0.15) is 56.6 Å². The van der Waals surface area contributed by atoms with Gasteiger partial charge in [-0.1, -0.05) is 73.5 Å². The molecule has 204 valence electrons. The zero-order chi connectivity index (χ0) is 26.8. The number of aromatic nitrogens is 2. The van der Waals surface area contributed by atoms with E-state index in [2.05, 4.69) is 26.9 Å². The van der Waals surface area contributed by atoms with Gasteiger partial charge in [0.05, 0.1) is 18.1 Å². The van der Waals surface area contributed by atoms with E-state index in [4.69, 9.17) is 5.73 Å². The Morgan fingerprint density at radius 3 is 2.41 bits per heavy atom. The van der Waals surface area contributed by atoms with Gasteiger partial charge in [0.2, 0.25) is 0 Å². The zero-order valence-electron chi connectivity index (χ0n) is 22.6. The lowest BCUT2D eigenvalue weighted by molar-refractivity contribution is 0.0214. The topological polar surface area (TPSA) is 84.5 Å². The summed E-state index contributed by atoms with van der Waals surface area (Å²) in [5.74, 6) is 0.353. The summed E-state index contributed by atoms with van der Waals surface area (Å²) >= 11 is 0. The second kappa shape index (κ2) is 11.0. The number of amides is 2. The molecule has 6 rings (SSSR count). The smallest absolute Gasteiger partial charge is 0.320 e. The Labute approximate surface area is 230 Å².